The van der Waals surface area contributed by atoms with Gasteiger partial charge in [0.2, 0.25) is 5.91 Å². The Morgan fingerprint density at radius 1 is 1.29 bits per heavy atom. The molecule has 2 fully saturated rings. The van der Waals surface area contributed by atoms with Crippen molar-refractivity contribution in [1.29, 1.82) is 0 Å². The minimum Gasteiger partial charge on any atom is -0.363 e. The molecule has 0 radical (unpaired) electrons. The first-order chi connectivity index (χ1) is 11.3. The highest BCUT2D eigenvalue weighted by atomic mass is 32.2. The summed E-state index contributed by atoms with van der Waals surface area (Å²) in [4.78, 5) is 19.9. The van der Waals surface area contributed by atoms with Crippen LogP contribution in [0.15, 0.2) is 18.3 Å². The topological polar surface area (TPSA) is 79.8 Å². The number of likely N-dealkylation sites (N-methyl/N-ethyl adjacent to an activating group) is 1. The average molecular weight is 353 g/mol. The van der Waals surface area contributed by atoms with Gasteiger partial charge in [-0.1, -0.05) is 6.07 Å². The van der Waals surface area contributed by atoms with Crippen LogP contribution in [0.1, 0.15) is 18.4 Å². The van der Waals surface area contributed by atoms with Crippen LogP contribution in [0.3, 0.4) is 0 Å². The number of anilines is 1. The van der Waals surface area contributed by atoms with Gasteiger partial charge in [-0.3, -0.25) is 4.79 Å². The Labute approximate surface area is 142 Å². The van der Waals surface area contributed by atoms with Crippen LogP contribution in [0.25, 0.3) is 0 Å². The van der Waals surface area contributed by atoms with Crippen molar-refractivity contribution < 1.29 is 17.9 Å². The summed E-state index contributed by atoms with van der Waals surface area (Å²) < 4.78 is 28.5. The summed E-state index contributed by atoms with van der Waals surface area (Å²) in [5.74, 6) is 0.894. The quantitative estimate of drug-likeness (QED) is 0.785. The molecule has 24 heavy (non-hydrogen) atoms. The van der Waals surface area contributed by atoms with Crippen molar-refractivity contribution >= 4 is 21.6 Å². The normalized spacial score (nSPS) is 21.3. The Bertz CT molecular complexity index is 709. The van der Waals surface area contributed by atoms with Crippen LogP contribution in [0, 0.1) is 0 Å². The van der Waals surface area contributed by atoms with E-state index in [2.05, 4.69) is 9.88 Å². The van der Waals surface area contributed by atoms with Crippen LogP contribution < -0.4 is 4.90 Å². The zero-order valence-electron chi connectivity index (χ0n) is 14.1. The summed E-state index contributed by atoms with van der Waals surface area (Å²) >= 11 is 0. The number of nitrogens with zero attached hydrogens (tertiary/aromatic N) is 3. The van der Waals surface area contributed by atoms with E-state index in [1.165, 1.54) is 6.26 Å². The van der Waals surface area contributed by atoms with E-state index >= 15 is 0 Å². The Balaban J connectivity index is 1.61. The predicted molar refractivity (Wildman–Crippen MR) is 90.6 cm³/mol. The molecule has 2 aliphatic rings. The number of ether oxygens (including phenoxy) is 1. The Kier molecular flexibility index (Phi) is 4.52. The molecule has 0 bridgehead atoms. The van der Waals surface area contributed by atoms with Gasteiger partial charge in [0, 0.05) is 39.1 Å². The molecule has 2 saturated heterocycles. The highest BCUT2D eigenvalue weighted by molar-refractivity contribution is 7.89. The molecule has 0 aliphatic carbocycles. The zero-order chi connectivity index (χ0) is 17.4. The van der Waals surface area contributed by atoms with E-state index in [1.807, 2.05) is 19.2 Å². The van der Waals surface area contributed by atoms with Crippen molar-refractivity contribution in [3.05, 3.63) is 23.9 Å². The number of morpholine rings is 1. The van der Waals surface area contributed by atoms with Gasteiger partial charge in [0.1, 0.15) is 12.4 Å². The average Bonchev–Trinajstić information content (AvgIpc) is 2.52. The fraction of sp³-hybridized carbons (Fsp3) is 0.625. The number of carbonyl (C=O) groups excluding carboxylic acids is 1. The maximum atomic E-state index is 11.6. The van der Waals surface area contributed by atoms with Gasteiger partial charge in [0.25, 0.3) is 0 Å². The number of carbonyl (C=O) groups is 1. The molecule has 0 aromatic carbocycles. The largest absolute Gasteiger partial charge is 0.363 e. The summed E-state index contributed by atoms with van der Waals surface area (Å²) in [6, 6.07) is 3.69. The Hall–Kier alpha value is -1.67. The summed E-state index contributed by atoms with van der Waals surface area (Å²) in [5, 5.41) is 0. The number of aromatic nitrogens is 1. The molecule has 3 rings (SSSR count). The van der Waals surface area contributed by atoms with E-state index in [-0.39, 0.29) is 23.9 Å². The maximum Gasteiger partial charge on any atom is 0.248 e. The Morgan fingerprint density at radius 2 is 2.00 bits per heavy atom. The van der Waals surface area contributed by atoms with Gasteiger partial charge in [-0.2, -0.15) is 0 Å². The maximum absolute atomic E-state index is 11.6. The van der Waals surface area contributed by atoms with Gasteiger partial charge in [-0.15, -0.1) is 0 Å². The lowest BCUT2D eigenvalue weighted by Crippen LogP contribution is -2.57. The first kappa shape index (κ1) is 17.2. The third-order valence-electron chi connectivity index (χ3n) is 4.69. The van der Waals surface area contributed by atoms with E-state index in [0.717, 1.165) is 31.7 Å². The highest BCUT2D eigenvalue weighted by Gasteiger charge is 2.41. The fourth-order valence-electron chi connectivity index (χ4n) is 3.33. The fourth-order valence-corrected chi connectivity index (χ4v) is 4.11. The first-order valence-corrected chi connectivity index (χ1v) is 10.1. The lowest BCUT2D eigenvalue weighted by Gasteiger charge is -2.46. The molecule has 7 nitrogen and oxygen atoms in total. The molecule has 1 aromatic heterocycles. The summed E-state index contributed by atoms with van der Waals surface area (Å²) in [6.07, 6.45) is 4.54. The minimum absolute atomic E-state index is 0.0115. The second-order valence-corrected chi connectivity index (χ2v) is 8.94. The van der Waals surface area contributed by atoms with Crippen LogP contribution in [-0.2, 0) is 25.1 Å². The van der Waals surface area contributed by atoms with Crippen LogP contribution in [0.5, 0.6) is 0 Å². The van der Waals surface area contributed by atoms with E-state index in [1.54, 1.807) is 11.1 Å². The van der Waals surface area contributed by atoms with Crippen LogP contribution in [0.4, 0.5) is 5.82 Å². The molecule has 132 valence electrons. The second kappa shape index (κ2) is 6.33. The second-order valence-electron chi connectivity index (χ2n) is 6.80. The predicted octanol–water partition coefficient (Wildman–Crippen LogP) is 0.454. The molecular weight excluding hydrogens is 330 g/mol. The standard InChI is InChI=1S/C16H23N3O4S/c1-18-12-16(23-10-15(18)20)5-7-19(8-6-16)14-4-3-13(9-17-14)11-24(2,21)22/h3-4,9H,5-8,10-12H2,1-2H3. The first-order valence-electron chi connectivity index (χ1n) is 8.02. The summed E-state index contributed by atoms with van der Waals surface area (Å²) in [6.45, 7) is 2.41. The number of pyridine rings is 1. The van der Waals surface area contributed by atoms with Crippen molar-refractivity contribution in [2.75, 3.05) is 44.4 Å². The van der Waals surface area contributed by atoms with Crippen molar-refractivity contribution in [2.24, 2.45) is 0 Å². The van der Waals surface area contributed by atoms with Gasteiger partial charge >= 0.3 is 0 Å². The van der Waals surface area contributed by atoms with E-state index in [4.69, 9.17) is 4.74 Å². The third-order valence-corrected chi connectivity index (χ3v) is 5.55. The monoisotopic (exact) mass is 353 g/mol. The Morgan fingerprint density at radius 3 is 2.54 bits per heavy atom. The van der Waals surface area contributed by atoms with Gasteiger partial charge in [0.05, 0.1) is 11.4 Å². The number of hydrogen-bond acceptors (Lipinski definition) is 6. The van der Waals surface area contributed by atoms with E-state index in [0.29, 0.717) is 12.1 Å². The molecule has 0 saturated carbocycles. The molecule has 0 atom stereocenters. The summed E-state index contributed by atoms with van der Waals surface area (Å²) in [7, 11) is -1.23. The molecule has 1 amide bonds. The molecule has 2 aliphatic heterocycles. The SMILES string of the molecule is CN1CC2(CCN(c3ccc(CS(C)(=O)=O)cn3)CC2)OCC1=O. The smallest absolute Gasteiger partial charge is 0.248 e. The lowest BCUT2D eigenvalue weighted by atomic mass is 9.89. The lowest BCUT2D eigenvalue weighted by molar-refractivity contribution is -0.164. The highest BCUT2D eigenvalue weighted by Crippen LogP contribution is 2.31. The molecule has 0 unspecified atom stereocenters. The molecule has 1 aromatic rings. The van der Waals surface area contributed by atoms with Gasteiger partial charge in [-0.05, 0) is 24.5 Å². The van der Waals surface area contributed by atoms with Crippen molar-refractivity contribution in [3.8, 4) is 0 Å². The molecular formula is C16H23N3O4S. The van der Waals surface area contributed by atoms with E-state index < -0.39 is 9.84 Å². The molecule has 1 spiro atoms. The molecule has 8 heteroatoms. The minimum atomic E-state index is -3.05. The molecule has 0 N–H and O–H groups in total. The van der Waals surface area contributed by atoms with Crippen LogP contribution in [-0.4, -0.2) is 69.4 Å². The number of sulfone groups is 1. The third kappa shape index (κ3) is 3.87. The van der Waals surface area contributed by atoms with Crippen molar-refractivity contribution in [2.45, 2.75) is 24.2 Å². The molecule has 3 heterocycles. The number of hydrogen-bond donors (Lipinski definition) is 0. The van der Waals surface area contributed by atoms with Crippen molar-refractivity contribution in [3.63, 3.8) is 0 Å². The number of amides is 1. The zero-order valence-corrected chi connectivity index (χ0v) is 14.9. The van der Waals surface area contributed by atoms with Crippen LogP contribution >= 0.6 is 0 Å². The van der Waals surface area contributed by atoms with Gasteiger partial charge in [0.15, 0.2) is 9.84 Å². The van der Waals surface area contributed by atoms with Crippen LogP contribution in [0.2, 0.25) is 0 Å². The van der Waals surface area contributed by atoms with Gasteiger partial charge < -0.3 is 14.5 Å². The summed E-state index contributed by atoms with van der Waals surface area (Å²) in [5.41, 5.74) is 0.459. The van der Waals surface area contributed by atoms with E-state index in [9.17, 15) is 13.2 Å². The number of rotatable bonds is 3. The number of piperidine rings is 1. The van der Waals surface area contributed by atoms with Gasteiger partial charge in [-0.25, -0.2) is 13.4 Å². The van der Waals surface area contributed by atoms with Crippen molar-refractivity contribution in [1.82, 2.24) is 9.88 Å².